The van der Waals surface area contributed by atoms with E-state index in [-0.39, 0.29) is 11.5 Å². The van der Waals surface area contributed by atoms with E-state index >= 15 is 0 Å². The molecular formula is C16H20F2N2O. The number of benzene rings is 1. The molecule has 5 heteroatoms. The quantitative estimate of drug-likeness (QED) is 0.909. The fraction of sp³-hybridized carbons (Fsp3) is 0.562. The number of carbonyl (C=O) groups excluding carboxylic acids is 1. The number of hydrogen-bond donors (Lipinski definition) is 1. The molecule has 0 aliphatic carbocycles. The third kappa shape index (κ3) is 3.07. The van der Waals surface area contributed by atoms with Gasteiger partial charge in [-0.1, -0.05) is 0 Å². The van der Waals surface area contributed by atoms with E-state index in [1.54, 1.807) is 4.90 Å². The molecule has 2 atom stereocenters. The topological polar surface area (TPSA) is 32.3 Å². The molecule has 21 heavy (non-hydrogen) atoms. The molecule has 1 amide bonds. The summed E-state index contributed by atoms with van der Waals surface area (Å²) in [6.07, 6.45) is 4.45. The van der Waals surface area contributed by atoms with Crippen molar-refractivity contribution in [3.8, 4) is 0 Å². The van der Waals surface area contributed by atoms with E-state index in [2.05, 4.69) is 5.32 Å². The molecule has 0 aromatic heterocycles. The zero-order valence-corrected chi connectivity index (χ0v) is 11.9. The fourth-order valence-corrected chi connectivity index (χ4v) is 3.45. The Morgan fingerprint density at radius 2 is 2.05 bits per heavy atom. The smallest absolute Gasteiger partial charge is 0.253 e. The molecule has 1 aromatic carbocycles. The molecular weight excluding hydrogens is 274 g/mol. The predicted molar refractivity (Wildman–Crippen MR) is 76.0 cm³/mol. The Balaban J connectivity index is 1.70. The van der Waals surface area contributed by atoms with Crippen LogP contribution in [0.2, 0.25) is 0 Å². The van der Waals surface area contributed by atoms with E-state index < -0.39 is 11.6 Å². The summed E-state index contributed by atoms with van der Waals surface area (Å²) in [5.41, 5.74) is 0.230. The second-order valence-electron chi connectivity index (χ2n) is 5.99. The number of likely N-dealkylation sites (tertiary alicyclic amines) is 1. The first-order chi connectivity index (χ1) is 10.1. The van der Waals surface area contributed by atoms with Crippen LogP contribution in [0.3, 0.4) is 0 Å². The van der Waals surface area contributed by atoms with Crippen molar-refractivity contribution in [2.24, 2.45) is 5.92 Å². The van der Waals surface area contributed by atoms with Crippen molar-refractivity contribution in [3.63, 3.8) is 0 Å². The van der Waals surface area contributed by atoms with E-state index in [0.29, 0.717) is 25.0 Å². The van der Waals surface area contributed by atoms with Gasteiger partial charge in [-0.05, 0) is 56.3 Å². The largest absolute Gasteiger partial charge is 0.338 e. The molecule has 2 heterocycles. The second kappa shape index (κ2) is 6.10. The van der Waals surface area contributed by atoms with Gasteiger partial charge in [0.1, 0.15) is 0 Å². The molecule has 2 aliphatic heterocycles. The molecule has 114 valence electrons. The lowest BCUT2D eigenvalue weighted by molar-refractivity contribution is 0.0650. The molecule has 2 aliphatic rings. The minimum absolute atomic E-state index is 0.198. The van der Waals surface area contributed by atoms with Crippen molar-refractivity contribution in [2.45, 2.75) is 31.7 Å². The van der Waals surface area contributed by atoms with Gasteiger partial charge in [0, 0.05) is 24.7 Å². The number of hydrogen-bond acceptors (Lipinski definition) is 2. The summed E-state index contributed by atoms with van der Waals surface area (Å²) in [4.78, 5) is 14.2. The molecule has 1 aromatic rings. The van der Waals surface area contributed by atoms with Crippen LogP contribution in [0.15, 0.2) is 18.2 Å². The van der Waals surface area contributed by atoms with Crippen molar-refractivity contribution in [1.29, 1.82) is 0 Å². The molecule has 1 N–H and O–H groups in total. The first kappa shape index (κ1) is 14.4. The number of nitrogens with zero attached hydrogens (tertiary/aromatic N) is 1. The van der Waals surface area contributed by atoms with Gasteiger partial charge >= 0.3 is 0 Å². The summed E-state index contributed by atoms with van der Waals surface area (Å²) >= 11 is 0. The van der Waals surface area contributed by atoms with Crippen molar-refractivity contribution in [2.75, 3.05) is 19.6 Å². The van der Waals surface area contributed by atoms with Crippen molar-refractivity contribution >= 4 is 5.91 Å². The maximum Gasteiger partial charge on any atom is 0.253 e. The highest BCUT2D eigenvalue weighted by molar-refractivity contribution is 5.94. The highest BCUT2D eigenvalue weighted by atomic mass is 19.2. The van der Waals surface area contributed by atoms with Crippen molar-refractivity contribution in [1.82, 2.24) is 10.2 Å². The average molecular weight is 294 g/mol. The minimum Gasteiger partial charge on any atom is -0.338 e. The number of rotatable bonds is 2. The van der Waals surface area contributed by atoms with E-state index in [4.69, 9.17) is 0 Å². The van der Waals surface area contributed by atoms with Crippen LogP contribution in [0, 0.1) is 17.6 Å². The molecule has 0 radical (unpaired) electrons. The lowest BCUT2D eigenvalue weighted by Gasteiger charge is -2.36. The monoisotopic (exact) mass is 294 g/mol. The van der Waals surface area contributed by atoms with Gasteiger partial charge in [0.25, 0.3) is 5.91 Å². The summed E-state index contributed by atoms with van der Waals surface area (Å²) in [6.45, 7) is 2.45. The number of halogens is 2. The van der Waals surface area contributed by atoms with Crippen LogP contribution >= 0.6 is 0 Å². The van der Waals surface area contributed by atoms with Gasteiger partial charge in [0.2, 0.25) is 0 Å². The van der Waals surface area contributed by atoms with E-state index in [9.17, 15) is 13.6 Å². The number of carbonyl (C=O) groups is 1. The zero-order chi connectivity index (χ0) is 14.8. The third-order valence-corrected chi connectivity index (χ3v) is 4.58. The van der Waals surface area contributed by atoms with Crippen LogP contribution < -0.4 is 5.32 Å². The van der Waals surface area contributed by atoms with Gasteiger partial charge in [-0.3, -0.25) is 4.79 Å². The summed E-state index contributed by atoms with van der Waals surface area (Å²) in [5.74, 6) is -1.61. The standard InChI is InChI=1S/C16H20F2N2O/c17-13-6-5-11(9-14(13)18)16(21)20-8-2-3-12(10-20)15-4-1-7-19-15/h5-6,9,12,15,19H,1-4,7-8,10H2. The summed E-state index contributed by atoms with van der Waals surface area (Å²) in [5, 5.41) is 3.49. The van der Waals surface area contributed by atoms with Gasteiger partial charge in [-0.15, -0.1) is 0 Å². The maximum absolute atomic E-state index is 13.3. The van der Waals surface area contributed by atoms with Crippen molar-refractivity contribution < 1.29 is 13.6 Å². The normalized spacial score (nSPS) is 26.1. The average Bonchev–Trinajstić information content (AvgIpc) is 3.04. The van der Waals surface area contributed by atoms with Crippen LogP contribution in [-0.2, 0) is 0 Å². The molecule has 3 rings (SSSR count). The van der Waals surface area contributed by atoms with E-state index in [1.165, 1.54) is 12.5 Å². The SMILES string of the molecule is O=C(c1ccc(F)c(F)c1)N1CCCC(C2CCCN2)C1. The first-order valence-electron chi connectivity index (χ1n) is 7.63. The van der Waals surface area contributed by atoms with Gasteiger partial charge in [-0.2, -0.15) is 0 Å². The molecule has 2 saturated heterocycles. The van der Waals surface area contributed by atoms with Gasteiger partial charge in [0.15, 0.2) is 11.6 Å². The highest BCUT2D eigenvalue weighted by Gasteiger charge is 2.31. The molecule has 2 fully saturated rings. The fourth-order valence-electron chi connectivity index (χ4n) is 3.45. The Hall–Kier alpha value is -1.49. The molecule has 0 saturated carbocycles. The Bertz CT molecular complexity index is 529. The molecule has 3 nitrogen and oxygen atoms in total. The Kier molecular flexibility index (Phi) is 4.19. The first-order valence-corrected chi connectivity index (χ1v) is 7.63. The van der Waals surface area contributed by atoms with Crippen LogP contribution in [-0.4, -0.2) is 36.5 Å². The number of piperidine rings is 1. The zero-order valence-electron chi connectivity index (χ0n) is 11.9. The Morgan fingerprint density at radius 1 is 1.19 bits per heavy atom. The van der Waals surface area contributed by atoms with Gasteiger partial charge < -0.3 is 10.2 Å². The van der Waals surface area contributed by atoms with E-state index in [0.717, 1.165) is 37.9 Å². The van der Waals surface area contributed by atoms with E-state index in [1.807, 2.05) is 0 Å². The summed E-state index contributed by atoms with van der Waals surface area (Å²) in [6, 6.07) is 3.86. The Morgan fingerprint density at radius 3 is 2.76 bits per heavy atom. The minimum atomic E-state index is -0.966. The Labute approximate surface area is 123 Å². The lowest BCUT2D eigenvalue weighted by Crippen LogP contribution is -2.45. The van der Waals surface area contributed by atoms with Gasteiger partial charge in [0.05, 0.1) is 0 Å². The third-order valence-electron chi connectivity index (χ3n) is 4.58. The van der Waals surface area contributed by atoms with Crippen LogP contribution in [0.5, 0.6) is 0 Å². The van der Waals surface area contributed by atoms with Crippen LogP contribution in [0.1, 0.15) is 36.0 Å². The maximum atomic E-state index is 13.3. The second-order valence-corrected chi connectivity index (χ2v) is 5.99. The number of nitrogens with one attached hydrogen (secondary N) is 1. The molecule has 2 unspecified atom stereocenters. The van der Waals surface area contributed by atoms with Gasteiger partial charge in [-0.25, -0.2) is 8.78 Å². The summed E-state index contributed by atoms with van der Waals surface area (Å²) < 4.78 is 26.2. The van der Waals surface area contributed by atoms with Crippen LogP contribution in [0.25, 0.3) is 0 Å². The lowest BCUT2D eigenvalue weighted by atomic mass is 9.89. The predicted octanol–water partition coefficient (Wildman–Crippen LogP) is 2.57. The molecule has 0 bridgehead atoms. The number of amides is 1. The summed E-state index contributed by atoms with van der Waals surface area (Å²) in [7, 11) is 0. The van der Waals surface area contributed by atoms with Crippen LogP contribution in [0.4, 0.5) is 8.78 Å². The van der Waals surface area contributed by atoms with Crippen molar-refractivity contribution in [3.05, 3.63) is 35.4 Å². The molecule has 0 spiro atoms. The highest BCUT2D eigenvalue weighted by Crippen LogP contribution is 2.25.